The Bertz CT molecular complexity index is 546. The van der Waals surface area contributed by atoms with Crippen LogP contribution in [0.1, 0.15) is 15.9 Å². The number of amides is 1. The third-order valence-electron chi connectivity index (χ3n) is 2.68. The summed E-state index contributed by atoms with van der Waals surface area (Å²) in [6.45, 7) is -1.20. The molecule has 0 fully saturated rings. The monoisotopic (exact) mass is 306 g/mol. The van der Waals surface area contributed by atoms with Gasteiger partial charge in [-0.05, 0) is 18.6 Å². The Morgan fingerprint density at radius 3 is 2.48 bits per heavy atom. The van der Waals surface area contributed by atoms with Crippen LogP contribution in [-0.2, 0) is 0 Å². The highest BCUT2D eigenvalue weighted by molar-refractivity contribution is 5.96. The summed E-state index contributed by atoms with van der Waals surface area (Å²) in [5.74, 6) is -0.936. The number of hydrogen-bond donors (Lipinski definition) is 1. The first-order valence-electron chi connectivity index (χ1n) is 5.87. The van der Waals surface area contributed by atoms with E-state index < -0.39 is 36.7 Å². The van der Waals surface area contributed by atoms with E-state index in [0.29, 0.717) is 4.90 Å². The zero-order chi connectivity index (χ0) is 16.2. The molecule has 0 atom stereocenters. The molecule has 0 aromatic heterocycles. The lowest BCUT2D eigenvalue weighted by molar-refractivity contribution is -0.384. The van der Waals surface area contributed by atoms with Crippen LogP contribution in [0.5, 0.6) is 0 Å². The average Bonchev–Trinajstić information content (AvgIpc) is 2.35. The molecule has 0 heterocycles. The molecule has 9 heteroatoms. The summed E-state index contributed by atoms with van der Waals surface area (Å²) in [4.78, 5) is 22.4. The van der Waals surface area contributed by atoms with E-state index in [4.69, 9.17) is 5.11 Å². The van der Waals surface area contributed by atoms with Gasteiger partial charge in [0.1, 0.15) is 6.54 Å². The lowest BCUT2D eigenvalue weighted by Gasteiger charge is -2.23. The molecule has 0 unspecified atom stereocenters. The standard InChI is InChI=1S/C12H13F3N2O4/c1-8-6-9(17(20)21)2-3-10(8)11(19)16(4-5-18)7-12(13,14)15/h2-3,6,18H,4-5,7H2,1H3. The second-order valence-electron chi connectivity index (χ2n) is 4.32. The molecular weight excluding hydrogens is 293 g/mol. The van der Waals surface area contributed by atoms with E-state index in [1.807, 2.05) is 0 Å². The molecule has 1 N–H and O–H groups in total. The van der Waals surface area contributed by atoms with Crippen LogP contribution in [0.4, 0.5) is 18.9 Å². The molecule has 1 amide bonds. The first-order valence-corrected chi connectivity index (χ1v) is 5.87. The molecule has 0 saturated carbocycles. The largest absolute Gasteiger partial charge is 0.406 e. The molecule has 1 aromatic carbocycles. The highest BCUT2D eigenvalue weighted by Gasteiger charge is 2.33. The minimum Gasteiger partial charge on any atom is -0.395 e. The van der Waals surface area contributed by atoms with Crippen molar-refractivity contribution in [1.29, 1.82) is 0 Å². The summed E-state index contributed by atoms with van der Waals surface area (Å²) in [5, 5.41) is 19.4. The predicted molar refractivity (Wildman–Crippen MR) is 66.9 cm³/mol. The molecular formula is C12H13F3N2O4. The topological polar surface area (TPSA) is 83.7 Å². The molecule has 0 radical (unpaired) electrons. The van der Waals surface area contributed by atoms with Crippen molar-refractivity contribution in [3.05, 3.63) is 39.4 Å². The number of alkyl halides is 3. The van der Waals surface area contributed by atoms with E-state index in [1.54, 1.807) is 0 Å². The minimum atomic E-state index is -4.60. The Balaban J connectivity index is 3.06. The van der Waals surface area contributed by atoms with E-state index in [1.165, 1.54) is 6.92 Å². The van der Waals surface area contributed by atoms with Crippen molar-refractivity contribution in [2.45, 2.75) is 13.1 Å². The number of aliphatic hydroxyl groups is 1. The zero-order valence-corrected chi connectivity index (χ0v) is 11.1. The van der Waals surface area contributed by atoms with Gasteiger partial charge >= 0.3 is 6.18 Å². The molecule has 6 nitrogen and oxygen atoms in total. The number of benzene rings is 1. The van der Waals surface area contributed by atoms with Crippen molar-refractivity contribution in [2.75, 3.05) is 19.7 Å². The summed E-state index contributed by atoms with van der Waals surface area (Å²) in [7, 11) is 0. The number of carbonyl (C=O) groups is 1. The summed E-state index contributed by atoms with van der Waals surface area (Å²) >= 11 is 0. The van der Waals surface area contributed by atoms with Crippen LogP contribution in [0.3, 0.4) is 0 Å². The maximum absolute atomic E-state index is 12.4. The van der Waals surface area contributed by atoms with Gasteiger partial charge < -0.3 is 10.0 Å². The van der Waals surface area contributed by atoms with E-state index in [-0.39, 0.29) is 16.8 Å². The summed E-state index contributed by atoms with van der Waals surface area (Å²) in [6.07, 6.45) is -4.60. The number of nitro benzene ring substituents is 1. The van der Waals surface area contributed by atoms with Gasteiger partial charge in [-0.2, -0.15) is 13.2 Å². The Hall–Kier alpha value is -2.16. The van der Waals surface area contributed by atoms with E-state index in [2.05, 4.69) is 0 Å². The Kier molecular flexibility index (Phi) is 5.25. The van der Waals surface area contributed by atoms with Gasteiger partial charge in [-0.3, -0.25) is 14.9 Å². The van der Waals surface area contributed by atoms with Crippen LogP contribution < -0.4 is 0 Å². The van der Waals surface area contributed by atoms with Crippen LogP contribution in [0.2, 0.25) is 0 Å². The molecule has 1 aromatic rings. The Labute approximate surface area is 117 Å². The van der Waals surface area contributed by atoms with Gasteiger partial charge in [0.2, 0.25) is 0 Å². The number of aliphatic hydroxyl groups excluding tert-OH is 1. The van der Waals surface area contributed by atoms with E-state index in [9.17, 15) is 28.1 Å². The Morgan fingerprint density at radius 2 is 2.05 bits per heavy atom. The van der Waals surface area contributed by atoms with E-state index >= 15 is 0 Å². The van der Waals surface area contributed by atoms with Gasteiger partial charge in [0.05, 0.1) is 11.5 Å². The molecule has 0 saturated heterocycles. The molecule has 0 aliphatic heterocycles. The Morgan fingerprint density at radius 1 is 1.43 bits per heavy atom. The lowest BCUT2D eigenvalue weighted by Crippen LogP contribution is -2.40. The van der Waals surface area contributed by atoms with Crippen LogP contribution in [0, 0.1) is 17.0 Å². The van der Waals surface area contributed by atoms with Gasteiger partial charge in [0, 0.05) is 24.2 Å². The van der Waals surface area contributed by atoms with Gasteiger partial charge in [0.25, 0.3) is 11.6 Å². The number of halogens is 3. The number of rotatable bonds is 5. The zero-order valence-electron chi connectivity index (χ0n) is 11.1. The smallest absolute Gasteiger partial charge is 0.395 e. The van der Waals surface area contributed by atoms with E-state index in [0.717, 1.165) is 18.2 Å². The third kappa shape index (κ3) is 4.71. The van der Waals surface area contributed by atoms with Gasteiger partial charge in [0.15, 0.2) is 0 Å². The van der Waals surface area contributed by atoms with Crippen molar-refractivity contribution >= 4 is 11.6 Å². The fourth-order valence-electron chi connectivity index (χ4n) is 1.76. The molecule has 116 valence electrons. The number of hydrogen-bond acceptors (Lipinski definition) is 4. The SMILES string of the molecule is Cc1cc([N+](=O)[O-])ccc1C(=O)N(CCO)CC(F)(F)F. The number of nitro groups is 1. The van der Waals surface area contributed by atoms with Gasteiger partial charge in [-0.15, -0.1) is 0 Å². The maximum Gasteiger partial charge on any atom is 0.406 e. The van der Waals surface area contributed by atoms with Crippen molar-refractivity contribution in [2.24, 2.45) is 0 Å². The lowest BCUT2D eigenvalue weighted by atomic mass is 10.1. The molecule has 0 bridgehead atoms. The first-order chi connectivity index (χ1) is 9.65. The number of non-ortho nitro benzene ring substituents is 1. The van der Waals surface area contributed by atoms with Crippen molar-refractivity contribution in [1.82, 2.24) is 4.90 Å². The van der Waals surface area contributed by atoms with Gasteiger partial charge in [-0.1, -0.05) is 0 Å². The van der Waals surface area contributed by atoms with Crippen LogP contribution in [0.15, 0.2) is 18.2 Å². The third-order valence-corrected chi connectivity index (χ3v) is 2.68. The number of aryl methyl sites for hydroxylation is 1. The summed E-state index contributed by atoms with van der Waals surface area (Å²) in [5.41, 5.74) is -0.133. The first kappa shape index (κ1) is 16.9. The van der Waals surface area contributed by atoms with Crippen LogP contribution in [0.25, 0.3) is 0 Å². The van der Waals surface area contributed by atoms with Crippen molar-refractivity contribution < 1.29 is 28.0 Å². The van der Waals surface area contributed by atoms with Gasteiger partial charge in [-0.25, -0.2) is 0 Å². The average molecular weight is 306 g/mol. The fraction of sp³-hybridized carbons (Fsp3) is 0.417. The highest BCUT2D eigenvalue weighted by Crippen LogP contribution is 2.21. The molecule has 0 aliphatic carbocycles. The summed E-state index contributed by atoms with van der Waals surface area (Å²) < 4.78 is 37.2. The minimum absolute atomic E-state index is 0.0710. The molecule has 0 aliphatic rings. The normalized spacial score (nSPS) is 11.3. The van der Waals surface area contributed by atoms with Crippen LogP contribution in [-0.4, -0.2) is 46.7 Å². The summed E-state index contributed by atoms with van der Waals surface area (Å²) in [6, 6.07) is 3.26. The number of nitrogens with zero attached hydrogens (tertiary/aromatic N) is 2. The molecule has 21 heavy (non-hydrogen) atoms. The second kappa shape index (κ2) is 6.53. The maximum atomic E-state index is 12.4. The molecule has 1 rings (SSSR count). The van der Waals surface area contributed by atoms with Crippen molar-refractivity contribution in [3.63, 3.8) is 0 Å². The quantitative estimate of drug-likeness (QED) is 0.665. The highest BCUT2D eigenvalue weighted by atomic mass is 19.4. The second-order valence-corrected chi connectivity index (χ2v) is 4.32. The predicted octanol–water partition coefficient (Wildman–Crippen LogP) is 1.90. The van der Waals surface area contributed by atoms with Crippen LogP contribution >= 0.6 is 0 Å². The van der Waals surface area contributed by atoms with Crippen molar-refractivity contribution in [3.8, 4) is 0 Å². The fourth-order valence-corrected chi connectivity index (χ4v) is 1.76. The number of carbonyl (C=O) groups excluding carboxylic acids is 1. The molecule has 0 spiro atoms.